The van der Waals surface area contributed by atoms with Gasteiger partial charge in [0.25, 0.3) is 10.0 Å². The molecule has 2 aromatic carbocycles. The predicted octanol–water partition coefficient (Wildman–Crippen LogP) is 2.88. The first kappa shape index (κ1) is 18.4. The maximum Gasteiger partial charge on any atom is 0.362 e. The van der Waals surface area contributed by atoms with Crippen molar-refractivity contribution in [3.8, 4) is 0 Å². The monoisotopic (exact) mass is 363 g/mol. The van der Waals surface area contributed by atoms with Crippen LogP contribution in [0.4, 0.5) is 5.69 Å². The number of benzene rings is 2. The molecule has 0 unspecified atom stereocenters. The minimum Gasteiger partial charge on any atom is -0.408 e. The Hall–Kier alpha value is -1.93. The van der Waals surface area contributed by atoms with E-state index in [4.69, 9.17) is 0 Å². The van der Waals surface area contributed by atoms with Crippen LogP contribution in [0, 0.1) is 0 Å². The van der Waals surface area contributed by atoms with Gasteiger partial charge in [-0.2, -0.15) is 0 Å². The van der Waals surface area contributed by atoms with E-state index in [1.807, 2.05) is 0 Å². The van der Waals surface area contributed by atoms with Crippen LogP contribution in [0.3, 0.4) is 0 Å². The highest BCUT2D eigenvalue weighted by atomic mass is 32.2. The van der Waals surface area contributed by atoms with E-state index < -0.39 is 18.6 Å². The summed E-state index contributed by atoms with van der Waals surface area (Å²) < 4.78 is 27.2. The summed E-state index contributed by atoms with van der Waals surface area (Å²) in [6, 6.07) is 14.9. The Balaban J connectivity index is 2.21. The van der Waals surface area contributed by atoms with Crippen molar-refractivity contribution in [3.05, 3.63) is 65.9 Å². The molecule has 0 aliphatic carbocycles. The van der Waals surface area contributed by atoms with Crippen LogP contribution in [-0.4, -0.2) is 26.6 Å². The van der Waals surface area contributed by atoms with E-state index >= 15 is 0 Å². The summed E-state index contributed by atoms with van der Waals surface area (Å²) in [5.41, 5.74) is 2.29. The summed E-state index contributed by atoms with van der Waals surface area (Å²) in [4.78, 5) is 20.1. The van der Waals surface area contributed by atoms with E-state index in [1.165, 1.54) is 17.8 Å². The Morgan fingerprint density at radius 2 is 1.71 bits per heavy atom. The van der Waals surface area contributed by atoms with E-state index in [-0.39, 0.29) is 10.4 Å². The Kier molecular flexibility index (Phi) is 5.61. The van der Waals surface area contributed by atoms with Gasteiger partial charge in [0, 0.05) is 11.2 Å². The first-order valence-corrected chi connectivity index (χ1v) is 11.1. The molecule has 0 atom stereocenters. The molecule has 3 N–H and O–H groups in total. The fourth-order valence-corrected chi connectivity index (χ4v) is 3.82. The van der Waals surface area contributed by atoms with Crippen LogP contribution in [0.1, 0.15) is 19.4 Å². The maximum absolute atomic E-state index is 12.3. The zero-order valence-electron chi connectivity index (χ0n) is 13.5. The Morgan fingerprint density at radius 1 is 1.04 bits per heavy atom. The van der Waals surface area contributed by atoms with E-state index in [2.05, 4.69) is 4.72 Å². The highest BCUT2D eigenvalue weighted by molar-refractivity contribution is 7.92. The number of nitrogens with one attached hydrogen (secondary N) is 1. The number of hydrogen-bond donors (Lipinski definition) is 3. The highest BCUT2D eigenvalue weighted by Crippen LogP contribution is 2.20. The first-order chi connectivity index (χ1) is 11.2. The van der Waals surface area contributed by atoms with Crippen LogP contribution in [0.5, 0.6) is 0 Å². The number of sulfonamides is 1. The minimum atomic E-state index is -3.65. The fourth-order valence-electron chi connectivity index (χ4n) is 1.93. The smallest absolute Gasteiger partial charge is 0.362 e. The van der Waals surface area contributed by atoms with E-state index in [1.54, 1.807) is 62.4 Å². The molecule has 0 saturated heterocycles. The van der Waals surface area contributed by atoms with Crippen molar-refractivity contribution in [1.29, 1.82) is 0 Å². The molecule has 0 aliphatic rings. The van der Waals surface area contributed by atoms with Crippen molar-refractivity contribution in [2.24, 2.45) is 0 Å². The topological polar surface area (TPSA) is 86.6 Å². The van der Waals surface area contributed by atoms with Crippen molar-refractivity contribution in [2.75, 3.05) is 4.72 Å². The number of anilines is 1. The van der Waals surface area contributed by atoms with Gasteiger partial charge < -0.3 is 9.59 Å². The molecule has 0 heterocycles. The summed E-state index contributed by atoms with van der Waals surface area (Å²) in [6.07, 6.45) is 1.60. The maximum atomic E-state index is 12.3. The molecule has 0 aromatic heterocycles. The molecule has 0 radical (unpaired) electrons. The second-order valence-electron chi connectivity index (χ2n) is 5.82. The molecule has 0 amide bonds. The van der Waals surface area contributed by atoms with E-state index in [0.717, 1.165) is 0 Å². The lowest BCUT2D eigenvalue weighted by Crippen LogP contribution is -2.35. The van der Waals surface area contributed by atoms with Gasteiger partial charge in [-0.1, -0.05) is 50.3 Å². The van der Waals surface area contributed by atoms with Crippen molar-refractivity contribution in [2.45, 2.75) is 24.3 Å². The Bertz CT molecular complexity index is 817. The van der Waals surface area contributed by atoms with Gasteiger partial charge in [0.1, 0.15) is 0 Å². The molecule has 0 bridgehead atoms. The number of rotatable bonds is 6. The van der Waals surface area contributed by atoms with Gasteiger partial charge in [0.2, 0.25) is 0 Å². The molecule has 0 spiro atoms. The van der Waals surface area contributed by atoms with Gasteiger partial charge in [0.15, 0.2) is 0 Å². The van der Waals surface area contributed by atoms with Crippen LogP contribution in [-0.2, 0) is 10.0 Å². The van der Waals surface area contributed by atoms with E-state index in [9.17, 15) is 18.0 Å². The molecular formula is C17H21NO4SSi. The predicted molar refractivity (Wildman–Crippen MR) is 98.0 cm³/mol. The molecular weight excluding hydrogens is 342 g/mol. The fraction of sp³-hybridized carbons (Fsp3) is 0.176. The second-order valence-corrected chi connectivity index (χ2v) is 10.6. The molecule has 24 heavy (non-hydrogen) atoms. The van der Waals surface area contributed by atoms with Crippen LogP contribution >= 0.6 is 0 Å². The molecule has 5 nitrogen and oxygen atoms in total. The lowest BCUT2D eigenvalue weighted by molar-refractivity contribution is 0.364. The SMILES string of the molecule is CC(C)[Si](O)(O)C=Cc1cccc(NS(=O)(=O)c2ccccc2)c1. The van der Waals surface area contributed by atoms with Crippen LogP contribution < -0.4 is 4.72 Å². The molecule has 0 fully saturated rings. The second kappa shape index (κ2) is 7.31. The first-order valence-electron chi connectivity index (χ1n) is 7.52. The zero-order valence-corrected chi connectivity index (χ0v) is 15.4. The average Bonchev–Trinajstić information content (AvgIpc) is 2.54. The molecule has 128 valence electrons. The van der Waals surface area contributed by atoms with Crippen LogP contribution in [0.15, 0.2) is 65.2 Å². The Morgan fingerprint density at radius 3 is 2.33 bits per heavy atom. The molecule has 7 heteroatoms. The average molecular weight is 364 g/mol. The zero-order chi connectivity index (χ0) is 17.8. The summed E-state index contributed by atoms with van der Waals surface area (Å²) in [5, 5.41) is 0. The van der Waals surface area contributed by atoms with Crippen LogP contribution in [0.25, 0.3) is 6.08 Å². The highest BCUT2D eigenvalue weighted by Gasteiger charge is 2.29. The third-order valence-corrected chi connectivity index (χ3v) is 7.32. The standard InChI is InChI=1S/C17H21NO4SSi/c1-14(2)24(21,22)12-11-15-7-6-8-16(13-15)18-23(19,20)17-9-4-3-5-10-17/h3-14,18,21-22H,1-2H3. The van der Waals surface area contributed by atoms with Crippen molar-refractivity contribution < 1.29 is 18.0 Å². The lowest BCUT2D eigenvalue weighted by Gasteiger charge is -2.17. The third kappa shape index (κ3) is 4.78. The van der Waals surface area contributed by atoms with Gasteiger partial charge in [-0.25, -0.2) is 8.42 Å². The van der Waals surface area contributed by atoms with Crippen molar-refractivity contribution in [3.63, 3.8) is 0 Å². The van der Waals surface area contributed by atoms with Gasteiger partial charge in [0.05, 0.1) is 4.90 Å². The van der Waals surface area contributed by atoms with Gasteiger partial charge in [-0.15, -0.1) is 0 Å². The van der Waals surface area contributed by atoms with Crippen molar-refractivity contribution >= 4 is 30.3 Å². The summed E-state index contributed by atoms with van der Waals surface area (Å²) in [7, 11) is -7.05. The summed E-state index contributed by atoms with van der Waals surface area (Å²) in [6.45, 7) is 3.50. The number of hydrogen-bond acceptors (Lipinski definition) is 4. The summed E-state index contributed by atoms with van der Waals surface area (Å²) in [5.74, 6) is 0. The molecule has 2 rings (SSSR count). The lowest BCUT2D eigenvalue weighted by atomic mass is 10.2. The van der Waals surface area contributed by atoms with Crippen LogP contribution in [0.2, 0.25) is 5.54 Å². The minimum absolute atomic E-state index is 0.183. The van der Waals surface area contributed by atoms with Gasteiger partial charge in [-0.05, 0) is 35.5 Å². The normalized spacial score (nSPS) is 12.7. The largest absolute Gasteiger partial charge is 0.408 e. The van der Waals surface area contributed by atoms with Gasteiger partial charge >= 0.3 is 8.56 Å². The summed E-state index contributed by atoms with van der Waals surface area (Å²) >= 11 is 0. The third-order valence-electron chi connectivity index (χ3n) is 3.56. The molecule has 0 saturated carbocycles. The van der Waals surface area contributed by atoms with E-state index in [0.29, 0.717) is 11.3 Å². The van der Waals surface area contributed by atoms with Crippen molar-refractivity contribution in [1.82, 2.24) is 0 Å². The quantitative estimate of drug-likeness (QED) is 0.689. The molecule has 2 aromatic rings. The Labute approximate surface area is 143 Å². The van der Waals surface area contributed by atoms with Gasteiger partial charge in [-0.3, -0.25) is 4.72 Å². The molecule has 0 aliphatic heterocycles.